The maximum absolute atomic E-state index is 12.3. The number of H-pyrrole nitrogens is 1. The minimum absolute atomic E-state index is 0.1000. The molecule has 0 radical (unpaired) electrons. The van der Waals surface area contributed by atoms with Crippen LogP contribution >= 0.6 is 0 Å². The summed E-state index contributed by atoms with van der Waals surface area (Å²) in [6.45, 7) is 8.56. The van der Waals surface area contributed by atoms with E-state index in [2.05, 4.69) is 44.8 Å². The third-order valence-electron chi connectivity index (χ3n) is 5.07. The first-order chi connectivity index (χ1) is 12.9. The summed E-state index contributed by atoms with van der Waals surface area (Å²) in [6.07, 6.45) is 12.6. The van der Waals surface area contributed by atoms with Gasteiger partial charge in [-0.25, -0.2) is 0 Å². The highest BCUT2D eigenvalue weighted by Crippen LogP contribution is 2.36. The van der Waals surface area contributed by atoms with Gasteiger partial charge in [0.15, 0.2) is 0 Å². The molecular weight excluding hydrogens is 334 g/mol. The molecule has 1 aromatic carbocycles. The number of allylic oxidation sites excluding steroid dienone is 4. The Hall–Kier alpha value is -2.55. The van der Waals surface area contributed by atoms with Crippen molar-refractivity contribution in [2.45, 2.75) is 59.0 Å². The molecule has 0 amide bonds. The predicted molar refractivity (Wildman–Crippen MR) is 114 cm³/mol. The number of aromatic amines is 1. The van der Waals surface area contributed by atoms with Crippen LogP contribution in [-0.4, -0.2) is 10.6 Å². The van der Waals surface area contributed by atoms with Gasteiger partial charge in [0.2, 0.25) is 0 Å². The zero-order chi connectivity index (χ0) is 19.4. The Morgan fingerprint density at radius 1 is 1.15 bits per heavy atom. The fourth-order valence-electron chi connectivity index (χ4n) is 3.45. The summed E-state index contributed by atoms with van der Waals surface area (Å²) in [5.41, 5.74) is 3.71. The van der Waals surface area contributed by atoms with E-state index in [9.17, 15) is 4.79 Å². The third kappa shape index (κ3) is 4.60. The summed E-state index contributed by atoms with van der Waals surface area (Å²) >= 11 is 0. The number of hydrogen-bond acceptors (Lipinski definition) is 2. The number of aromatic nitrogens is 1. The van der Waals surface area contributed by atoms with E-state index in [4.69, 9.17) is 4.74 Å². The fourth-order valence-corrected chi connectivity index (χ4v) is 3.45. The van der Waals surface area contributed by atoms with Gasteiger partial charge in [0.05, 0.1) is 11.1 Å². The fraction of sp³-hybridized carbons (Fsp3) is 0.375. The Kier molecular flexibility index (Phi) is 5.69. The molecule has 0 fully saturated rings. The van der Waals surface area contributed by atoms with Crippen molar-refractivity contribution in [1.82, 2.24) is 4.98 Å². The average Bonchev–Trinajstić information content (AvgIpc) is 2.61. The lowest BCUT2D eigenvalue weighted by Crippen LogP contribution is -2.33. The third-order valence-corrected chi connectivity index (χ3v) is 5.07. The van der Waals surface area contributed by atoms with Crippen LogP contribution < -0.4 is 10.3 Å². The van der Waals surface area contributed by atoms with Gasteiger partial charge in [-0.1, -0.05) is 35.4 Å². The second kappa shape index (κ2) is 7.99. The van der Waals surface area contributed by atoms with E-state index in [0.29, 0.717) is 11.3 Å². The highest BCUT2D eigenvalue weighted by atomic mass is 16.5. The van der Waals surface area contributed by atoms with E-state index in [0.717, 1.165) is 36.6 Å². The first kappa shape index (κ1) is 19.2. The number of pyridine rings is 1. The normalized spacial score (nSPS) is 18.9. The molecule has 3 nitrogen and oxygen atoms in total. The van der Waals surface area contributed by atoms with Crippen molar-refractivity contribution in [3.05, 3.63) is 69.6 Å². The molecule has 1 N–H and O–H groups in total. The summed E-state index contributed by atoms with van der Waals surface area (Å²) in [5.74, 6) is 0.698. The molecule has 0 saturated carbocycles. The van der Waals surface area contributed by atoms with Crippen molar-refractivity contribution in [3.63, 3.8) is 0 Å². The number of rotatable bonds is 6. The molecule has 1 aliphatic rings. The minimum atomic E-state index is -0.403. The first-order valence-electron chi connectivity index (χ1n) is 9.70. The molecule has 3 heteroatoms. The van der Waals surface area contributed by atoms with Gasteiger partial charge < -0.3 is 9.72 Å². The maximum atomic E-state index is 12.3. The van der Waals surface area contributed by atoms with Crippen LogP contribution in [0.1, 0.15) is 58.9 Å². The molecule has 1 aromatic heterocycles. The predicted octanol–water partition coefficient (Wildman–Crippen LogP) is 6.17. The summed E-state index contributed by atoms with van der Waals surface area (Å²) < 4.78 is 6.36. The second-order valence-electron chi connectivity index (χ2n) is 7.90. The Balaban J connectivity index is 1.73. The number of ether oxygens (including phenoxy) is 1. The molecule has 2 aromatic rings. The van der Waals surface area contributed by atoms with Gasteiger partial charge in [-0.05, 0) is 77.7 Å². The SMILES string of the molecule is CC(C)=CCCC(C)=CCCC1(C)C=Cc2c(c3ccccc3[nH]c2=O)O1. The molecule has 1 aliphatic heterocycles. The number of para-hydroxylation sites is 1. The van der Waals surface area contributed by atoms with Crippen molar-refractivity contribution >= 4 is 17.0 Å². The van der Waals surface area contributed by atoms with E-state index < -0.39 is 5.60 Å². The van der Waals surface area contributed by atoms with Crippen LogP contribution in [0.5, 0.6) is 5.75 Å². The largest absolute Gasteiger partial charge is 0.482 e. The number of nitrogens with one attached hydrogen (secondary N) is 1. The molecule has 142 valence electrons. The van der Waals surface area contributed by atoms with Gasteiger partial charge in [-0.2, -0.15) is 0 Å². The second-order valence-corrected chi connectivity index (χ2v) is 7.90. The van der Waals surface area contributed by atoms with Crippen LogP contribution in [0.15, 0.2) is 58.4 Å². The van der Waals surface area contributed by atoms with Gasteiger partial charge in [0, 0.05) is 5.39 Å². The lowest BCUT2D eigenvalue weighted by Gasteiger charge is -2.32. The van der Waals surface area contributed by atoms with Gasteiger partial charge in [-0.3, -0.25) is 4.79 Å². The van der Waals surface area contributed by atoms with Crippen molar-refractivity contribution < 1.29 is 4.74 Å². The zero-order valence-corrected chi connectivity index (χ0v) is 16.8. The molecule has 1 unspecified atom stereocenters. The molecule has 0 bridgehead atoms. The van der Waals surface area contributed by atoms with Gasteiger partial charge in [0.1, 0.15) is 11.4 Å². The lowest BCUT2D eigenvalue weighted by atomic mass is 9.94. The average molecular weight is 364 g/mol. The Labute approximate surface area is 161 Å². The van der Waals surface area contributed by atoms with Crippen LogP contribution in [-0.2, 0) is 0 Å². The lowest BCUT2D eigenvalue weighted by molar-refractivity contribution is 0.130. The summed E-state index contributed by atoms with van der Waals surface area (Å²) in [7, 11) is 0. The molecule has 2 heterocycles. The van der Waals surface area contributed by atoms with E-state index >= 15 is 0 Å². The van der Waals surface area contributed by atoms with Crippen molar-refractivity contribution in [3.8, 4) is 5.75 Å². The van der Waals surface area contributed by atoms with Gasteiger partial charge in [0.25, 0.3) is 5.56 Å². The van der Waals surface area contributed by atoms with Crippen LogP contribution in [0.2, 0.25) is 0 Å². The van der Waals surface area contributed by atoms with Crippen molar-refractivity contribution in [2.75, 3.05) is 0 Å². The zero-order valence-electron chi connectivity index (χ0n) is 16.8. The molecule has 27 heavy (non-hydrogen) atoms. The first-order valence-corrected chi connectivity index (χ1v) is 9.70. The summed E-state index contributed by atoms with van der Waals surface area (Å²) in [5, 5.41) is 0.955. The monoisotopic (exact) mass is 363 g/mol. The van der Waals surface area contributed by atoms with E-state index in [1.54, 1.807) is 0 Å². The van der Waals surface area contributed by atoms with E-state index in [1.165, 1.54) is 11.1 Å². The van der Waals surface area contributed by atoms with Crippen LogP contribution in [0.3, 0.4) is 0 Å². The number of hydrogen-bond donors (Lipinski definition) is 1. The van der Waals surface area contributed by atoms with Gasteiger partial charge >= 0.3 is 0 Å². The van der Waals surface area contributed by atoms with E-state index in [-0.39, 0.29) is 5.56 Å². The molecule has 1 atom stereocenters. The molecular formula is C24H29NO2. The number of benzene rings is 1. The molecule has 0 spiro atoms. The van der Waals surface area contributed by atoms with E-state index in [1.807, 2.05) is 36.4 Å². The van der Waals surface area contributed by atoms with Crippen molar-refractivity contribution in [1.29, 1.82) is 0 Å². The standard InChI is InChI=1S/C24H29NO2/c1-17(2)9-7-10-18(3)11-8-15-24(4)16-14-20-22(27-24)19-12-5-6-13-21(19)25-23(20)26/h5-6,9,11-14,16H,7-8,10,15H2,1-4H3,(H,25,26). The highest BCUT2D eigenvalue weighted by molar-refractivity contribution is 5.89. The Morgan fingerprint density at radius 2 is 1.93 bits per heavy atom. The Bertz CT molecular complexity index is 974. The number of fused-ring (bicyclic) bond motifs is 3. The Morgan fingerprint density at radius 3 is 2.70 bits per heavy atom. The molecule has 3 rings (SSSR count). The van der Waals surface area contributed by atoms with Crippen LogP contribution in [0.25, 0.3) is 17.0 Å². The smallest absolute Gasteiger partial charge is 0.259 e. The highest BCUT2D eigenvalue weighted by Gasteiger charge is 2.29. The topological polar surface area (TPSA) is 42.1 Å². The van der Waals surface area contributed by atoms with Crippen LogP contribution in [0.4, 0.5) is 0 Å². The van der Waals surface area contributed by atoms with Crippen LogP contribution in [0, 0.1) is 0 Å². The maximum Gasteiger partial charge on any atom is 0.259 e. The van der Waals surface area contributed by atoms with Gasteiger partial charge in [-0.15, -0.1) is 0 Å². The minimum Gasteiger partial charge on any atom is -0.482 e. The van der Waals surface area contributed by atoms with Crippen molar-refractivity contribution in [2.24, 2.45) is 0 Å². The molecule has 0 aliphatic carbocycles. The molecule has 0 saturated heterocycles. The summed E-state index contributed by atoms with van der Waals surface area (Å²) in [6, 6.07) is 7.80. The summed E-state index contributed by atoms with van der Waals surface area (Å²) in [4.78, 5) is 15.3. The quantitative estimate of drug-likeness (QED) is 0.624.